The lowest BCUT2D eigenvalue weighted by molar-refractivity contribution is 0.0218. The van der Waals surface area contributed by atoms with Crippen LogP contribution in [-0.2, 0) is 21.4 Å². The van der Waals surface area contributed by atoms with Crippen molar-refractivity contribution in [3.05, 3.63) is 42.2 Å². The summed E-state index contributed by atoms with van der Waals surface area (Å²) in [4.78, 5) is 25.2. The van der Waals surface area contributed by atoms with Gasteiger partial charge >= 0.3 is 6.09 Å². The van der Waals surface area contributed by atoms with Crippen molar-refractivity contribution in [2.75, 3.05) is 38.6 Å². The third-order valence-electron chi connectivity index (χ3n) is 5.26. The summed E-state index contributed by atoms with van der Waals surface area (Å²) in [6.45, 7) is 9.49. The van der Waals surface area contributed by atoms with Gasteiger partial charge in [0.15, 0.2) is 5.75 Å². The largest absolute Gasteiger partial charge is 0.486 e. The Labute approximate surface area is 201 Å². The molecule has 0 aliphatic carbocycles. The molecular weight excluding hydrogens is 458 g/mol. The second-order valence-corrected chi connectivity index (χ2v) is 11.6. The van der Waals surface area contributed by atoms with Crippen molar-refractivity contribution < 1.29 is 22.7 Å². The van der Waals surface area contributed by atoms with E-state index in [0.29, 0.717) is 31.3 Å². The van der Waals surface area contributed by atoms with Crippen LogP contribution < -0.4 is 9.64 Å². The van der Waals surface area contributed by atoms with E-state index >= 15 is 0 Å². The number of rotatable bonds is 6. The zero-order chi connectivity index (χ0) is 25.1. The topological polar surface area (TPSA) is 105 Å². The standard InChI is InChI=1S/C23H33N5O5S/c1-17-15-27(22(29)33-23(2,3)4)11-12-28(17)21-24-13-19(14-25-21)32-16-18-7-9-20(10-8-18)34(30,31)26(5)6/h7-10,13-14,17H,11-12,15-16H2,1-6H3/t17-/m1/s1. The van der Waals surface area contributed by atoms with Crippen LogP contribution in [0.3, 0.4) is 0 Å². The van der Waals surface area contributed by atoms with Gasteiger partial charge in [-0.1, -0.05) is 12.1 Å². The highest BCUT2D eigenvalue weighted by Crippen LogP contribution is 2.21. The predicted molar refractivity (Wildman–Crippen MR) is 128 cm³/mol. The minimum atomic E-state index is -3.46. The normalized spacial score (nSPS) is 17.1. The molecule has 1 saturated heterocycles. The Morgan fingerprint density at radius 1 is 1.12 bits per heavy atom. The fraction of sp³-hybridized carbons (Fsp3) is 0.522. The SMILES string of the molecule is C[C@@H]1CN(C(=O)OC(C)(C)C)CCN1c1ncc(OCc2ccc(S(=O)(=O)N(C)C)cc2)cn1. The molecule has 11 heteroatoms. The Morgan fingerprint density at radius 3 is 2.26 bits per heavy atom. The molecule has 2 aromatic rings. The van der Waals surface area contributed by atoms with Crippen LogP contribution >= 0.6 is 0 Å². The Morgan fingerprint density at radius 2 is 1.74 bits per heavy atom. The third kappa shape index (κ3) is 6.35. The molecule has 0 saturated carbocycles. The van der Waals surface area contributed by atoms with E-state index in [4.69, 9.17) is 9.47 Å². The van der Waals surface area contributed by atoms with Crippen molar-refractivity contribution in [2.24, 2.45) is 0 Å². The van der Waals surface area contributed by atoms with Crippen molar-refractivity contribution in [3.63, 3.8) is 0 Å². The van der Waals surface area contributed by atoms with Crippen LogP contribution in [0, 0.1) is 0 Å². The van der Waals surface area contributed by atoms with E-state index in [9.17, 15) is 13.2 Å². The van der Waals surface area contributed by atoms with Crippen molar-refractivity contribution in [1.29, 1.82) is 0 Å². The van der Waals surface area contributed by atoms with E-state index in [-0.39, 0.29) is 23.6 Å². The van der Waals surface area contributed by atoms with Crippen LogP contribution in [0.4, 0.5) is 10.7 Å². The first-order valence-corrected chi connectivity index (χ1v) is 12.5. The van der Waals surface area contributed by atoms with E-state index in [1.807, 2.05) is 27.7 Å². The van der Waals surface area contributed by atoms with E-state index in [0.717, 1.165) is 5.56 Å². The first kappa shape index (κ1) is 25.7. The van der Waals surface area contributed by atoms with E-state index in [2.05, 4.69) is 14.9 Å². The summed E-state index contributed by atoms with van der Waals surface area (Å²) >= 11 is 0. The molecule has 1 amide bonds. The second kappa shape index (κ2) is 10.1. The summed E-state index contributed by atoms with van der Waals surface area (Å²) in [7, 11) is -0.463. The van der Waals surface area contributed by atoms with Crippen LogP contribution in [0.25, 0.3) is 0 Å². The fourth-order valence-corrected chi connectivity index (χ4v) is 4.32. The molecule has 10 nitrogen and oxygen atoms in total. The van der Waals surface area contributed by atoms with Crippen molar-refractivity contribution in [2.45, 2.75) is 50.8 Å². The number of nitrogens with zero attached hydrogens (tertiary/aromatic N) is 5. The number of piperazine rings is 1. The van der Waals surface area contributed by atoms with Crippen molar-refractivity contribution in [1.82, 2.24) is 19.2 Å². The third-order valence-corrected chi connectivity index (χ3v) is 7.09. The average molecular weight is 492 g/mol. The number of hydrogen-bond acceptors (Lipinski definition) is 8. The summed E-state index contributed by atoms with van der Waals surface area (Å²) in [5.74, 6) is 1.08. The summed E-state index contributed by atoms with van der Waals surface area (Å²) in [6, 6.07) is 6.59. The minimum Gasteiger partial charge on any atom is -0.486 e. The van der Waals surface area contributed by atoms with Gasteiger partial charge in [0.1, 0.15) is 12.2 Å². The van der Waals surface area contributed by atoms with Gasteiger partial charge in [-0.15, -0.1) is 0 Å². The lowest BCUT2D eigenvalue weighted by Crippen LogP contribution is -2.55. The Kier molecular flexibility index (Phi) is 7.67. The number of amides is 1. The van der Waals surface area contributed by atoms with Crippen LogP contribution in [-0.4, -0.2) is 79.1 Å². The molecule has 0 spiro atoms. The molecule has 1 aromatic carbocycles. The van der Waals surface area contributed by atoms with Gasteiger partial charge in [0, 0.05) is 39.8 Å². The fourth-order valence-electron chi connectivity index (χ4n) is 3.41. The quantitative estimate of drug-likeness (QED) is 0.607. The molecule has 0 bridgehead atoms. The summed E-state index contributed by atoms with van der Waals surface area (Å²) in [6.07, 6.45) is 2.91. The smallest absolute Gasteiger partial charge is 0.410 e. The molecule has 1 fully saturated rings. The monoisotopic (exact) mass is 491 g/mol. The highest BCUT2D eigenvalue weighted by Gasteiger charge is 2.31. The van der Waals surface area contributed by atoms with Crippen LogP contribution in [0.2, 0.25) is 0 Å². The predicted octanol–water partition coefficient (Wildman–Crippen LogP) is 2.75. The molecule has 1 aliphatic rings. The lowest BCUT2D eigenvalue weighted by atomic mass is 10.2. The maximum absolute atomic E-state index is 12.3. The number of sulfonamides is 1. The molecule has 3 rings (SSSR count). The Bertz CT molecular complexity index is 1080. The minimum absolute atomic E-state index is 0.0324. The number of aromatic nitrogens is 2. The number of benzene rings is 1. The Balaban J connectivity index is 1.55. The molecule has 0 N–H and O–H groups in total. The van der Waals surface area contributed by atoms with Crippen LogP contribution in [0.5, 0.6) is 5.75 Å². The zero-order valence-corrected chi connectivity index (χ0v) is 21.4. The van der Waals surface area contributed by atoms with E-state index in [1.54, 1.807) is 41.6 Å². The zero-order valence-electron chi connectivity index (χ0n) is 20.6. The number of ether oxygens (including phenoxy) is 2. The maximum Gasteiger partial charge on any atom is 0.410 e. The second-order valence-electron chi connectivity index (χ2n) is 9.41. The van der Waals surface area contributed by atoms with Crippen LogP contribution in [0.1, 0.15) is 33.3 Å². The van der Waals surface area contributed by atoms with Crippen molar-refractivity contribution in [3.8, 4) is 5.75 Å². The van der Waals surface area contributed by atoms with Crippen LogP contribution in [0.15, 0.2) is 41.6 Å². The van der Waals surface area contributed by atoms with Gasteiger partial charge in [0.05, 0.1) is 17.3 Å². The molecule has 2 heterocycles. The maximum atomic E-state index is 12.3. The highest BCUT2D eigenvalue weighted by atomic mass is 32.2. The molecule has 1 aromatic heterocycles. The van der Waals surface area contributed by atoms with Gasteiger partial charge in [0.2, 0.25) is 16.0 Å². The van der Waals surface area contributed by atoms with Gasteiger partial charge in [-0.25, -0.2) is 27.5 Å². The van der Waals surface area contributed by atoms with Crippen molar-refractivity contribution >= 4 is 22.1 Å². The first-order valence-electron chi connectivity index (χ1n) is 11.1. The molecule has 34 heavy (non-hydrogen) atoms. The van der Waals surface area contributed by atoms with Gasteiger partial charge in [0.25, 0.3) is 0 Å². The van der Waals surface area contributed by atoms with Gasteiger partial charge < -0.3 is 19.3 Å². The molecular formula is C23H33N5O5S. The van der Waals surface area contributed by atoms with Gasteiger partial charge in [-0.2, -0.15) is 0 Å². The highest BCUT2D eigenvalue weighted by molar-refractivity contribution is 7.89. The first-order chi connectivity index (χ1) is 15.9. The number of carbonyl (C=O) groups is 1. The summed E-state index contributed by atoms with van der Waals surface area (Å²) in [5.41, 5.74) is 0.302. The summed E-state index contributed by atoms with van der Waals surface area (Å²) in [5, 5.41) is 0. The summed E-state index contributed by atoms with van der Waals surface area (Å²) < 4.78 is 36.7. The van der Waals surface area contributed by atoms with Gasteiger partial charge in [-0.05, 0) is 45.4 Å². The number of carbonyl (C=O) groups excluding carboxylic acids is 1. The number of anilines is 1. The average Bonchev–Trinajstić information content (AvgIpc) is 2.77. The molecule has 1 aliphatic heterocycles. The Hall–Kier alpha value is -2.92. The van der Waals surface area contributed by atoms with E-state index < -0.39 is 15.6 Å². The number of hydrogen-bond donors (Lipinski definition) is 0. The molecule has 186 valence electrons. The molecule has 0 radical (unpaired) electrons. The van der Waals surface area contributed by atoms with E-state index in [1.165, 1.54) is 18.4 Å². The molecule has 0 unspecified atom stereocenters. The van der Waals surface area contributed by atoms with Gasteiger partial charge in [-0.3, -0.25) is 0 Å². The lowest BCUT2D eigenvalue weighted by Gasteiger charge is -2.40. The molecule has 1 atom stereocenters.